The second-order valence-electron chi connectivity index (χ2n) is 4.18. The van der Waals surface area contributed by atoms with Crippen molar-refractivity contribution >= 4 is 0 Å². The maximum atomic E-state index is 9.37. The second kappa shape index (κ2) is 4.64. The first-order valence-corrected chi connectivity index (χ1v) is 5.43. The summed E-state index contributed by atoms with van der Waals surface area (Å²) in [6.45, 7) is 1.12. The van der Waals surface area contributed by atoms with Gasteiger partial charge in [0.1, 0.15) is 5.75 Å². The van der Waals surface area contributed by atoms with Gasteiger partial charge < -0.3 is 15.5 Å². The number of rotatable bonds is 2. The summed E-state index contributed by atoms with van der Waals surface area (Å²) in [6, 6.07) is 7.70. The molecule has 1 saturated heterocycles. The summed E-state index contributed by atoms with van der Waals surface area (Å²) in [7, 11) is 0. The number of hydrogen-bond acceptors (Lipinski definition) is 3. The van der Waals surface area contributed by atoms with Crippen LogP contribution in [0.15, 0.2) is 24.3 Å². The molecule has 1 aromatic rings. The van der Waals surface area contributed by atoms with Crippen molar-refractivity contribution in [3.8, 4) is 5.75 Å². The van der Waals surface area contributed by atoms with Gasteiger partial charge >= 0.3 is 0 Å². The number of hydrogen-bond donors (Lipinski definition) is 3. The molecule has 3 heteroatoms. The highest BCUT2D eigenvalue weighted by atomic mass is 16.3. The summed E-state index contributed by atoms with van der Waals surface area (Å²) < 4.78 is 0. The van der Waals surface area contributed by atoms with Gasteiger partial charge in [0.2, 0.25) is 0 Å². The van der Waals surface area contributed by atoms with Gasteiger partial charge in [0.05, 0.1) is 0 Å². The van der Waals surface area contributed by atoms with Crippen molar-refractivity contribution < 1.29 is 10.2 Å². The zero-order valence-corrected chi connectivity index (χ0v) is 8.69. The van der Waals surface area contributed by atoms with E-state index in [9.17, 15) is 5.11 Å². The predicted octanol–water partition coefficient (Wildman–Crippen LogP) is 1.43. The van der Waals surface area contributed by atoms with Crippen LogP contribution in [0.3, 0.4) is 0 Å². The molecule has 0 amide bonds. The fourth-order valence-corrected chi connectivity index (χ4v) is 2.10. The van der Waals surface area contributed by atoms with Crippen LogP contribution in [0.2, 0.25) is 0 Å². The zero-order chi connectivity index (χ0) is 10.7. The lowest BCUT2D eigenvalue weighted by molar-refractivity contribution is 0.184. The first kappa shape index (κ1) is 10.5. The van der Waals surface area contributed by atoms with E-state index in [-0.39, 0.29) is 6.61 Å². The van der Waals surface area contributed by atoms with E-state index in [2.05, 4.69) is 5.32 Å². The molecule has 3 nitrogen and oxygen atoms in total. The molecule has 0 spiro atoms. The smallest absolute Gasteiger partial charge is 0.115 e. The van der Waals surface area contributed by atoms with E-state index in [0.717, 1.165) is 24.9 Å². The average molecular weight is 207 g/mol. The highest BCUT2D eigenvalue weighted by Crippen LogP contribution is 2.27. The molecule has 1 fully saturated rings. The molecule has 1 heterocycles. The number of aliphatic hydroxyl groups excluding tert-OH is 1. The molecule has 2 rings (SSSR count). The largest absolute Gasteiger partial charge is 0.508 e. The molecule has 1 aromatic carbocycles. The summed E-state index contributed by atoms with van der Waals surface area (Å²) in [4.78, 5) is 0. The Morgan fingerprint density at radius 2 is 2.20 bits per heavy atom. The second-order valence-corrected chi connectivity index (χ2v) is 4.18. The Bertz CT molecular complexity index is 319. The molecule has 2 unspecified atom stereocenters. The van der Waals surface area contributed by atoms with Crippen LogP contribution in [0.5, 0.6) is 5.75 Å². The number of phenols is 1. The van der Waals surface area contributed by atoms with Gasteiger partial charge in [0.15, 0.2) is 0 Å². The van der Waals surface area contributed by atoms with Crippen LogP contribution in [-0.2, 0) is 0 Å². The van der Waals surface area contributed by atoms with Gasteiger partial charge in [-0.05, 0) is 36.5 Å². The lowest BCUT2D eigenvalue weighted by Gasteiger charge is -2.29. The van der Waals surface area contributed by atoms with Gasteiger partial charge in [0.25, 0.3) is 0 Å². The standard InChI is InChI=1S/C12H17NO2/c14-8-9-4-5-12(13-7-9)10-2-1-3-11(15)6-10/h1-3,6,9,12-15H,4-5,7-8H2. The van der Waals surface area contributed by atoms with E-state index in [1.54, 1.807) is 12.1 Å². The van der Waals surface area contributed by atoms with Gasteiger partial charge in [-0.2, -0.15) is 0 Å². The lowest BCUT2D eigenvalue weighted by Crippen LogP contribution is -2.34. The van der Waals surface area contributed by atoms with Crippen molar-refractivity contribution in [1.29, 1.82) is 0 Å². The fourth-order valence-electron chi connectivity index (χ4n) is 2.10. The average Bonchev–Trinajstić information content (AvgIpc) is 2.29. The number of aliphatic hydroxyl groups is 1. The summed E-state index contributed by atoms with van der Waals surface area (Å²) in [5.41, 5.74) is 1.13. The summed E-state index contributed by atoms with van der Waals surface area (Å²) in [5.74, 6) is 0.706. The molecule has 1 aliphatic heterocycles. The molecular formula is C12H17NO2. The zero-order valence-electron chi connectivity index (χ0n) is 8.69. The topological polar surface area (TPSA) is 52.5 Å². The molecule has 82 valence electrons. The predicted molar refractivity (Wildman–Crippen MR) is 58.7 cm³/mol. The number of aromatic hydroxyl groups is 1. The summed E-state index contributed by atoms with van der Waals surface area (Å²) >= 11 is 0. The first-order valence-electron chi connectivity index (χ1n) is 5.43. The van der Waals surface area contributed by atoms with E-state index >= 15 is 0 Å². The van der Waals surface area contributed by atoms with Crippen molar-refractivity contribution in [1.82, 2.24) is 5.32 Å². The van der Waals surface area contributed by atoms with E-state index in [0.29, 0.717) is 17.7 Å². The van der Waals surface area contributed by atoms with Crippen LogP contribution in [-0.4, -0.2) is 23.4 Å². The monoisotopic (exact) mass is 207 g/mol. The van der Waals surface area contributed by atoms with E-state index in [4.69, 9.17) is 5.11 Å². The molecule has 0 aliphatic carbocycles. The van der Waals surface area contributed by atoms with E-state index in [1.165, 1.54) is 0 Å². The van der Waals surface area contributed by atoms with Gasteiger partial charge in [-0.15, -0.1) is 0 Å². The van der Waals surface area contributed by atoms with Crippen LogP contribution >= 0.6 is 0 Å². The minimum atomic E-state index is 0.264. The third-order valence-corrected chi connectivity index (χ3v) is 3.05. The van der Waals surface area contributed by atoms with Crippen molar-refractivity contribution in [2.24, 2.45) is 5.92 Å². The van der Waals surface area contributed by atoms with Crippen LogP contribution < -0.4 is 5.32 Å². The molecule has 3 N–H and O–H groups in total. The van der Waals surface area contributed by atoms with Crippen molar-refractivity contribution in [3.05, 3.63) is 29.8 Å². The first-order chi connectivity index (χ1) is 7.29. The molecule has 0 aromatic heterocycles. The highest BCUT2D eigenvalue weighted by molar-refractivity contribution is 5.29. The summed E-state index contributed by atoms with van der Waals surface area (Å²) in [5, 5.41) is 21.8. The minimum absolute atomic E-state index is 0.264. The molecule has 1 aliphatic rings. The maximum Gasteiger partial charge on any atom is 0.115 e. The highest BCUT2D eigenvalue weighted by Gasteiger charge is 2.20. The normalized spacial score (nSPS) is 26.5. The van der Waals surface area contributed by atoms with Gasteiger partial charge in [-0.3, -0.25) is 0 Å². The van der Waals surface area contributed by atoms with Crippen molar-refractivity contribution in [2.45, 2.75) is 18.9 Å². The number of phenolic OH excluding ortho intramolecular Hbond substituents is 1. The van der Waals surface area contributed by atoms with Crippen LogP contribution in [0, 0.1) is 5.92 Å². The lowest BCUT2D eigenvalue weighted by atomic mass is 9.91. The number of nitrogens with one attached hydrogen (secondary N) is 1. The molecule has 0 radical (unpaired) electrons. The quantitative estimate of drug-likeness (QED) is 0.687. The van der Waals surface area contributed by atoms with Crippen molar-refractivity contribution in [2.75, 3.05) is 13.2 Å². The summed E-state index contributed by atoms with van der Waals surface area (Å²) in [6.07, 6.45) is 2.07. The Balaban J connectivity index is 2.01. The van der Waals surface area contributed by atoms with Crippen LogP contribution in [0.1, 0.15) is 24.4 Å². The molecular weight excluding hydrogens is 190 g/mol. The van der Waals surface area contributed by atoms with Gasteiger partial charge in [0, 0.05) is 19.2 Å². The Kier molecular flexibility index (Phi) is 3.23. The molecule has 0 bridgehead atoms. The Morgan fingerprint density at radius 1 is 1.33 bits per heavy atom. The van der Waals surface area contributed by atoms with Crippen LogP contribution in [0.25, 0.3) is 0 Å². The Morgan fingerprint density at radius 3 is 2.80 bits per heavy atom. The Hall–Kier alpha value is -1.06. The van der Waals surface area contributed by atoms with Gasteiger partial charge in [-0.25, -0.2) is 0 Å². The fraction of sp³-hybridized carbons (Fsp3) is 0.500. The number of benzene rings is 1. The van der Waals surface area contributed by atoms with Crippen LogP contribution in [0.4, 0.5) is 0 Å². The maximum absolute atomic E-state index is 9.37. The molecule has 2 atom stereocenters. The van der Waals surface area contributed by atoms with Gasteiger partial charge in [-0.1, -0.05) is 12.1 Å². The van der Waals surface area contributed by atoms with E-state index < -0.39 is 0 Å². The number of piperidine rings is 1. The molecule has 0 saturated carbocycles. The minimum Gasteiger partial charge on any atom is -0.508 e. The SMILES string of the molecule is OCC1CCC(c2cccc(O)c2)NC1. The Labute approximate surface area is 89.8 Å². The third kappa shape index (κ3) is 2.49. The molecule has 15 heavy (non-hydrogen) atoms. The third-order valence-electron chi connectivity index (χ3n) is 3.05. The van der Waals surface area contributed by atoms with E-state index in [1.807, 2.05) is 12.1 Å². The van der Waals surface area contributed by atoms with Crippen molar-refractivity contribution in [3.63, 3.8) is 0 Å².